The van der Waals surface area contributed by atoms with Crippen LogP contribution < -0.4 is 20.1 Å². The van der Waals surface area contributed by atoms with Crippen LogP contribution in [0, 0.1) is 0 Å². The maximum Gasteiger partial charge on any atom is 0.183 e. The number of aromatic hydroxyl groups is 1. The van der Waals surface area contributed by atoms with Crippen molar-refractivity contribution < 1.29 is 19.4 Å². The van der Waals surface area contributed by atoms with Crippen molar-refractivity contribution in [3.8, 4) is 17.2 Å². The molecule has 3 N–H and O–H groups in total. The molecule has 31 heavy (non-hydrogen) atoms. The fourth-order valence-corrected chi connectivity index (χ4v) is 4.06. The molecular formula is C23H30ClN3O4. The summed E-state index contributed by atoms with van der Waals surface area (Å²) in [5.74, 6) is 1.11. The maximum absolute atomic E-state index is 12.6. The lowest BCUT2D eigenvalue weighted by Crippen LogP contribution is -2.46. The number of ketones is 1. The van der Waals surface area contributed by atoms with Gasteiger partial charge in [0, 0.05) is 38.2 Å². The van der Waals surface area contributed by atoms with E-state index in [2.05, 4.69) is 9.80 Å². The zero-order valence-electron chi connectivity index (χ0n) is 18.1. The van der Waals surface area contributed by atoms with E-state index in [9.17, 15) is 9.90 Å². The molecule has 2 aromatic carbocycles. The van der Waals surface area contributed by atoms with E-state index < -0.39 is 0 Å². The molecule has 8 heteroatoms. The Bertz CT molecular complexity index is 914. The van der Waals surface area contributed by atoms with Gasteiger partial charge in [-0.05, 0) is 43.7 Å². The second kappa shape index (κ2) is 10.6. The number of nitrogen functional groups attached to an aromatic ring is 1. The van der Waals surface area contributed by atoms with Gasteiger partial charge < -0.3 is 25.2 Å². The van der Waals surface area contributed by atoms with Crippen molar-refractivity contribution >= 4 is 28.8 Å². The number of Topliss-reactive ketones (excluding diaryl/α,β-unsaturated/α-hetero) is 1. The van der Waals surface area contributed by atoms with Crippen LogP contribution in [0.1, 0.15) is 29.6 Å². The van der Waals surface area contributed by atoms with Crippen molar-refractivity contribution in [1.82, 2.24) is 4.90 Å². The van der Waals surface area contributed by atoms with Crippen molar-refractivity contribution in [2.45, 2.75) is 19.3 Å². The first-order valence-electron chi connectivity index (χ1n) is 10.4. The number of nitrogens with zero attached hydrogens (tertiary/aromatic N) is 2. The monoisotopic (exact) mass is 447 g/mol. The number of halogens is 1. The van der Waals surface area contributed by atoms with Crippen LogP contribution in [0.2, 0.25) is 5.02 Å². The topological polar surface area (TPSA) is 88.3 Å². The molecule has 0 radical (unpaired) electrons. The minimum Gasteiger partial charge on any atom is -0.504 e. The van der Waals surface area contributed by atoms with Gasteiger partial charge >= 0.3 is 0 Å². The summed E-state index contributed by atoms with van der Waals surface area (Å²) >= 11 is 6.02. The second-order valence-corrected chi connectivity index (χ2v) is 8.02. The number of ether oxygens (including phenoxy) is 2. The van der Waals surface area contributed by atoms with Gasteiger partial charge in [0.05, 0.1) is 30.6 Å². The lowest BCUT2D eigenvalue weighted by atomic mass is 10.0. The number of nitrogens with two attached hydrogens (primary N) is 1. The van der Waals surface area contributed by atoms with E-state index in [0.717, 1.165) is 51.3 Å². The molecule has 2 aromatic rings. The van der Waals surface area contributed by atoms with Gasteiger partial charge in [-0.1, -0.05) is 17.7 Å². The van der Waals surface area contributed by atoms with E-state index in [0.29, 0.717) is 34.2 Å². The van der Waals surface area contributed by atoms with Crippen LogP contribution in [0.15, 0.2) is 30.3 Å². The number of hydrogen-bond donors (Lipinski definition) is 2. The SMILES string of the molecule is COc1cc(C(=O)CCCCN2CCN(c3cccc(Cl)c3O)CC2)cc(N)c1OC. The van der Waals surface area contributed by atoms with Crippen LogP contribution >= 0.6 is 11.6 Å². The Morgan fingerprint density at radius 3 is 2.55 bits per heavy atom. The van der Waals surface area contributed by atoms with Crippen LogP contribution in [0.4, 0.5) is 11.4 Å². The van der Waals surface area contributed by atoms with Gasteiger partial charge in [-0.2, -0.15) is 0 Å². The lowest BCUT2D eigenvalue weighted by Gasteiger charge is -2.36. The second-order valence-electron chi connectivity index (χ2n) is 7.62. The van der Waals surface area contributed by atoms with Gasteiger partial charge in [0.2, 0.25) is 0 Å². The Balaban J connectivity index is 1.43. The summed E-state index contributed by atoms with van der Waals surface area (Å²) in [6.07, 6.45) is 2.21. The predicted molar refractivity (Wildman–Crippen MR) is 124 cm³/mol. The molecule has 1 aliphatic heterocycles. The average molecular weight is 448 g/mol. The average Bonchev–Trinajstić information content (AvgIpc) is 2.78. The Morgan fingerprint density at radius 1 is 1.13 bits per heavy atom. The summed E-state index contributed by atoms with van der Waals surface area (Å²) in [5.41, 5.74) is 7.71. The molecule has 168 valence electrons. The van der Waals surface area contributed by atoms with Crippen molar-refractivity contribution in [1.29, 1.82) is 0 Å². The largest absolute Gasteiger partial charge is 0.504 e. The molecule has 0 aromatic heterocycles. The highest BCUT2D eigenvalue weighted by atomic mass is 35.5. The summed E-state index contributed by atoms with van der Waals surface area (Å²) < 4.78 is 10.5. The molecule has 0 unspecified atom stereocenters. The minimum absolute atomic E-state index is 0.0499. The summed E-state index contributed by atoms with van der Waals surface area (Å²) in [6, 6.07) is 8.76. The molecule has 0 amide bonds. The summed E-state index contributed by atoms with van der Waals surface area (Å²) in [4.78, 5) is 17.1. The van der Waals surface area contributed by atoms with Gasteiger partial charge in [0.15, 0.2) is 23.0 Å². The number of phenolic OH excluding ortho intramolecular Hbond substituents is 1. The first-order chi connectivity index (χ1) is 14.9. The normalized spacial score (nSPS) is 14.5. The number of para-hydroxylation sites is 1. The molecule has 0 spiro atoms. The third kappa shape index (κ3) is 5.54. The van der Waals surface area contributed by atoms with Gasteiger partial charge in [-0.3, -0.25) is 9.69 Å². The number of phenols is 1. The molecule has 7 nitrogen and oxygen atoms in total. The number of benzene rings is 2. The van der Waals surface area contributed by atoms with Gasteiger partial charge in [0.1, 0.15) is 0 Å². The first kappa shape index (κ1) is 23.0. The third-order valence-corrected chi connectivity index (χ3v) is 5.94. The van der Waals surface area contributed by atoms with Crippen molar-refractivity contribution in [3.63, 3.8) is 0 Å². The number of anilines is 2. The highest BCUT2D eigenvalue weighted by Crippen LogP contribution is 2.35. The fraction of sp³-hybridized carbons (Fsp3) is 0.435. The molecule has 0 bridgehead atoms. The number of methoxy groups -OCH3 is 2. The highest BCUT2D eigenvalue weighted by Gasteiger charge is 2.20. The van der Waals surface area contributed by atoms with Crippen molar-refractivity contribution in [2.75, 3.05) is 57.6 Å². The number of piperazine rings is 1. The summed E-state index contributed by atoms with van der Waals surface area (Å²) in [5, 5.41) is 10.5. The molecule has 1 fully saturated rings. The molecule has 0 saturated carbocycles. The maximum atomic E-state index is 12.6. The number of unbranched alkanes of at least 4 members (excludes halogenated alkanes) is 1. The van der Waals surface area contributed by atoms with Crippen LogP contribution in [0.25, 0.3) is 0 Å². The van der Waals surface area contributed by atoms with E-state index in [1.54, 1.807) is 18.2 Å². The molecule has 0 atom stereocenters. The van der Waals surface area contributed by atoms with Crippen LogP contribution in [-0.2, 0) is 0 Å². The molecule has 3 rings (SSSR count). The lowest BCUT2D eigenvalue weighted by molar-refractivity contribution is 0.0977. The van der Waals surface area contributed by atoms with Crippen LogP contribution in [0.3, 0.4) is 0 Å². The van der Waals surface area contributed by atoms with E-state index in [1.165, 1.54) is 14.2 Å². The zero-order chi connectivity index (χ0) is 22.4. The Labute approximate surface area is 188 Å². The smallest absolute Gasteiger partial charge is 0.183 e. The fourth-order valence-electron chi connectivity index (χ4n) is 3.89. The van der Waals surface area contributed by atoms with Crippen LogP contribution in [-0.4, -0.2) is 62.7 Å². The number of hydrogen-bond acceptors (Lipinski definition) is 7. The molecular weight excluding hydrogens is 418 g/mol. The Kier molecular flexibility index (Phi) is 7.87. The van der Waals surface area contributed by atoms with Crippen LogP contribution in [0.5, 0.6) is 17.2 Å². The van der Waals surface area contributed by atoms with E-state index in [-0.39, 0.29) is 11.5 Å². The standard InChI is InChI=1S/C23H30ClN3O4/c1-30-21-15-16(14-18(25)23(21)31-2)20(28)8-3-4-9-26-10-12-27(13-11-26)19-7-5-6-17(24)22(19)29/h5-7,14-15,29H,3-4,8-13,25H2,1-2H3. The zero-order valence-corrected chi connectivity index (χ0v) is 18.8. The number of rotatable bonds is 9. The van der Waals surface area contributed by atoms with Gasteiger partial charge in [-0.25, -0.2) is 0 Å². The van der Waals surface area contributed by atoms with Gasteiger partial charge in [0.25, 0.3) is 0 Å². The van der Waals surface area contributed by atoms with Gasteiger partial charge in [-0.15, -0.1) is 0 Å². The van der Waals surface area contributed by atoms with E-state index in [4.69, 9.17) is 26.8 Å². The molecule has 1 aliphatic rings. The molecule has 1 saturated heterocycles. The number of carbonyl (C=O) groups is 1. The van der Waals surface area contributed by atoms with Crippen molar-refractivity contribution in [2.24, 2.45) is 0 Å². The summed E-state index contributed by atoms with van der Waals surface area (Å²) in [7, 11) is 3.05. The van der Waals surface area contributed by atoms with E-state index in [1.807, 2.05) is 12.1 Å². The molecule has 1 heterocycles. The Hall–Kier alpha value is -2.64. The van der Waals surface area contributed by atoms with Crippen molar-refractivity contribution in [3.05, 3.63) is 40.9 Å². The Morgan fingerprint density at radius 2 is 1.87 bits per heavy atom. The predicted octanol–water partition coefficient (Wildman–Crippen LogP) is 3.82. The highest BCUT2D eigenvalue weighted by molar-refractivity contribution is 6.32. The first-order valence-corrected chi connectivity index (χ1v) is 10.8. The minimum atomic E-state index is 0.0499. The quantitative estimate of drug-likeness (QED) is 0.343. The third-order valence-electron chi connectivity index (χ3n) is 5.64. The number of carbonyl (C=O) groups excluding carboxylic acids is 1. The molecule has 0 aliphatic carbocycles. The van der Waals surface area contributed by atoms with E-state index >= 15 is 0 Å². The summed E-state index contributed by atoms with van der Waals surface area (Å²) in [6.45, 7) is 4.42.